The molecule has 0 aliphatic carbocycles. The highest BCUT2D eigenvalue weighted by Gasteiger charge is 2.23. The van der Waals surface area contributed by atoms with Crippen LogP contribution in [0.3, 0.4) is 0 Å². The molecule has 122 valence electrons. The molecule has 1 heterocycles. The average Bonchev–Trinajstić information content (AvgIpc) is 2.74. The summed E-state index contributed by atoms with van der Waals surface area (Å²) in [6, 6.07) is 4.24. The van der Waals surface area contributed by atoms with Gasteiger partial charge >= 0.3 is 0 Å². The maximum absolute atomic E-state index is 11.4. The van der Waals surface area contributed by atoms with Crippen LogP contribution in [0.15, 0.2) is 17.0 Å². The zero-order valence-corrected chi connectivity index (χ0v) is 14.4. The first kappa shape index (κ1) is 17.4. The number of nitriles is 1. The lowest BCUT2D eigenvalue weighted by Gasteiger charge is -2.11. The van der Waals surface area contributed by atoms with E-state index in [4.69, 9.17) is 34.1 Å². The molecule has 11 heteroatoms. The van der Waals surface area contributed by atoms with Crippen LogP contribution >= 0.6 is 23.2 Å². The molecule has 1 aromatic carbocycles. The maximum atomic E-state index is 11.4. The summed E-state index contributed by atoms with van der Waals surface area (Å²) in [5.41, 5.74) is 6.24. The van der Waals surface area contributed by atoms with Gasteiger partial charge in [-0.15, -0.1) is 5.10 Å². The fraction of sp³-hybridized carbons (Fsp3) is 0.167. The normalized spacial score (nSPS) is 11.3. The molecule has 0 aliphatic heterocycles. The molecule has 8 nitrogen and oxygen atoms in total. The Labute approximate surface area is 142 Å². The van der Waals surface area contributed by atoms with E-state index in [1.54, 1.807) is 19.0 Å². The van der Waals surface area contributed by atoms with Crippen molar-refractivity contribution in [2.24, 2.45) is 5.14 Å². The van der Waals surface area contributed by atoms with Gasteiger partial charge < -0.3 is 10.6 Å². The largest absolute Gasteiger partial charge is 0.382 e. The third kappa shape index (κ3) is 3.07. The van der Waals surface area contributed by atoms with Crippen LogP contribution in [0.2, 0.25) is 10.0 Å². The molecule has 0 atom stereocenters. The molecule has 0 saturated carbocycles. The summed E-state index contributed by atoms with van der Waals surface area (Å²) in [6.45, 7) is 0. The Morgan fingerprint density at radius 1 is 1.30 bits per heavy atom. The van der Waals surface area contributed by atoms with E-state index in [1.807, 2.05) is 6.07 Å². The Hall–Kier alpha value is -1.99. The van der Waals surface area contributed by atoms with E-state index >= 15 is 0 Å². The standard InChI is InChI=1S/C12H12Cl2N6O2S/c1-19(2)12-7(5-15)11(16)20(18-12)10-8(13)3-6(4-9(10)14)23(17,21)22/h3-4H,16H2,1-2H3,(H2,17,21,22). The third-order valence-corrected chi connectivity index (χ3v) is 4.44. The van der Waals surface area contributed by atoms with Crippen LogP contribution in [-0.4, -0.2) is 32.3 Å². The molecule has 23 heavy (non-hydrogen) atoms. The van der Waals surface area contributed by atoms with Gasteiger partial charge in [-0.1, -0.05) is 23.2 Å². The van der Waals surface area contributed by atoms with Crippen molar-refractivity contribution in [3.63, 3.8) is 0 Å². The Balaban J connectivity index is 2.77. The van der Waals surface area contributed by atoms with E-state index in [2.05, 4.69) is 5.10 Å². The molecular formula is C12H12Cl2N6O2S. The first-order chi connectivity index (χ1) is 10.6. The number of nitrogens with zero attached hydrogens (tertiary/aromatic N) is 4. The van der Waals surface area contributed by atoms with Crippen LogP contribution in [0.4, 0.5) is 11.6 Å². The number of benzene rings is 1. The number of primary sulfonamides is 1. The number of halogens is 2. The first-order valence-electron chi connectivity index (χ1n) is 6.06. The number of hydrogen-bond acceptors (Lipinski definition) is 6. The van der Waals surface area contributed by atoms with Gasteiger partial charge in [0.2, 0.25) is 10.0 Å². The monoisotopic (exact) mass is 374 g/mol. The molecule has 4 N–H and O–H groups in total. The van der Waals surface area contributed by atoms with Gasteiger partial charge in [0.25, 0.3) is 0 Å². The Morgan fingerprint density at radius 3 is 2.17 bits per heavy atom. The fourth-order valence-electron chi connectivity index (χ4n) is 1.92. The molecule has 2 rings (SSSR count). The number of hydrogen-bond donors (Lipinski definition) is 2. The van der Waals surface area contributed by atoms with Gasteiger partial charge in [-0.2, -0.15) is 5.26 Å². The molecule has 0 amide bonds. The van der Waals surface area contributed by atoms with Gasteiger partial charge in [-0.05, 0) is 12.1 Å². The summed E-state index contributed by atoms with van der Waals surface area (Å²) in [5, 5.41) is 18.5. The van der Waals surface area contributed by atoms with Crippen LogP contribution < -0.4 is 15.8 Å². The molecule has 1 aromatic heterocycles. The van der Waals surface area contributed by atoms with E-state index in [-0.39, 0.29) is 32.0 Å². The van der Waals surface area contributed by atoms with Crippen LogP contribution in [0.1, 0.15) is 5.56 Å². The molecule has 0 bridgehead atoms. The molecule has 2 aromatic rings. The van der Waals surface area contributed by atoms with Crippen LogP contribution in [0, 0.1) is 11.3 Å². The molecule has 0 unspecified atom stereocenters. The molecular weight excluding hydrogens is 363 g/mol. The van der Waals surface area contributed by atoms with E-state index in [1.165, 1.54) is 4.68 Å². The summed E-state index contributed by atoms with van der Waals surface area (Å²) in [4.78, 5) is 1.36. The van der Waals surface area contributed by atoms with Crippen molar-refractivity contribution < 1.29 is 8.42 Å². The lowest BCUT2D eigenvalue weighted by Crippen LogP contribution is -2.13. The van der Waals surface area contributed by atoms with E-state index in [0.29, 0.717) is 5.82 Å². The lowest BCUT2D eigenvalue weighted by atomic mass is 10.3. The second kappa shape index (κ2) is 5.90. The number of rotatable bonds is 3. The Kier molecular flexibility index (Phi) is 4.45. The predicted molar refractivity (Wildman–Crippen MR) is 88.4 cm³/mol. The van der Waals surface area contributed by atoms with Crippen molar-refractivity contribution >= 4 is 44.9 Å². The quantitative estimate of drug-likeness (QED) is 0.832. The van der Waals surface area contributed by atoms with Crippen molar-refractivity contribution in [3.05, 3.63) is 27.7 Å². The molecule has 0 spiro atoms. The van der Waals surface area contributed by atoms with Crippen LogP contribution in [0.25, 0.3) is 5.69 Å². The van der Waals surface area contributed by atoms with Crippen molar-refractivity contribution in [3.8, 4) is 11.8 Å². The fourth-order valence-corrected chi connectivity index (χ4v) is 3.26. The van der Waals surface area contributed by atoms with Crippen molar-refractivity contribution in [2.75, 3.05) is 24.7 Å². The van der Waals surface area contributed by atoms with E-state index in [9.17, 15) is 13.7 Å². The average molecular weight is 375 g/mol. The highest BCUT2D eigenvalue weighted by atomic mass is 35.5. The van der Waals surface area contributed by atoms with Crippen molar-refractivity contribution in [1.29, 1.82) is 5.26 Å². The topological polar surface area (TPSA) is 131 Å². The van der Waals surface area contributed by atoms with Gasteiger partial charge in [-0.3, -0.25) is 0 Å². The zero-order chi connectivity index (χ0) is 17.5. The molecule has 0 saturated heterocycles. The summed E-state index contributed by atoms with van der Waals surface area (Å²) >= 11 is 12.2. The second-order valence-electron chi connectivity index (χ2n) is 4.78. The molecule has 0 fully saturated rings. The highest BCUT2D eigenvalue weighted by Crippen LogP contribution is 2.35. The van der Waals surface area contributed by atoms with E-state index in [0.717, 1.165) is 12.1 Å². The van der Waals surface area contributed by atoms with Crippen LogP contribution in [0.5, 0.6) is 0 Å². The van der Waals surface area contributed by atoms with Crippen molar-refractivity contribution in [1.82, 2.24) is 9.78 Å². The summed E-state index contributed by atoms with van der Waals surface area (Å²) in [5.74, 6) is 0.357. The van der Waals surface area contributed by atoms with Crippen molar-refractivity contribution in [2.45, 2.75) is 4.90 Å². The Bertz CT molecular complexity index is 907. The van der Waals surface area contributed by atoms with Gasteiger partial charge in [0.15, 0.2) is 5.82 Å². The smallest absolute Gasteiger partial charge is 0.238 e. The number of aromatic nitrogens is 2. The van der Waals surface area contributed by atoms with E-state index < -0.39 is 10.0 Å². The Morgan fingerprint density at radius 2 is 1.83 bits per heavy atom. The van der Waals surface area contributed by atoms with Gasteiger partial charge in [0.1, 0.15) is 23.1 Å². The summed E-state index contributed by atoms with van der Waals surface area (Å²) < 4.78 is 24.0. The number of nitrogens with two attached hydrogens (primary N) is 2. The minimum Gasteiger partial charge on any atom is -0.382 e. The SMILES string of the molecule is CN(C)c1nn(-c2c(Cl)cc(S(N)(=O)=O)cc2Cl)c(N)c1C#N. The zero-order valence-electron chi connectivity index (χ0n) is 12.1. The number of sulfonamides is 1. The van der Waals surface area contributed by atoms with Gasteiger partial charge in [-0.25, -0.2) is 18.2 Å². The minimum atomic E-state index is -3.97. The maximum Gasteiger partial charge on any atom is 0.238 e. The first-order valence-corrected chi connectivity index (χ1v) is 8.36. The number of nitrogen functional groups attached to an aromatic ring is 1. The number of anilines is 2. The molecule has 0 radical (unpaired) electrons. The van der Waals surface area contributed by atoms with Crippen LogP contribution in [-0.2, 0) is 10.0 Å². The summed E-state index contributed by atoms with van der Waals surface area (Å²) in [7, 11) is -0.579. The summed E-state index contributed by atoms with van der Waals surface area (Å²) in [6.07, 6.45) is 0. The van der Waals surface area contributed by atoms with Gasteiger partial charge in [0.05, 0.1) is 14.9 Å². The second-order valence-corrected chi connectivity index (χ2v) is 7.16. The highest BCUT2D eigenvalue weighted by molar-refractivity contribution is 7.89. The predicted octanol–water partition coefficient (Wildman–Crippen LogP) is 1.35. The molecule has 0 aliphatic rings. The minimum absolute atomic E-state index is 0.0227. The van der Waals surface area contributed by atoms with Gasteiger partial charge in [0, 0.05) is 14.1 Å². The third-order valence-electron chi connectivity index (χ3n) is 2.97. The lowest BCUT2D eigenvalue weighted by molar-refractivity contribution is 0.598.